The average molecular weight is 338 g/mol. The van der Waals surface area contributed by atoms with Crippen molar-refractivity contribution in [2.75, 3.05) is 33.0 Å². The van der Waals surface area contributed by atoms with Crippen molar-refractivity contribution in [1.29, 1.82) is 0 Å². The molecule has 3 nitrogen and oxygen atoms in total. The van der Waals surface area contributed by atoms with Gasteiger partial charge < -0.3 is 9.47 Å². The molecule has 1 aliphatic heterocycles. The highest BCUT2D eigenvalue weighted by atomic mass is 32.1. The van der Waals surface area contributed by atoms with Crippen molar-refractivity contribution in [2.45, 2.75) is 50.4 Å². The number of nitrogens with zero attached hydrogens (tertiary/aromatic N) is 1. The molecule has 23 heavy (non-hydrogen) atoms. The minimum absolute atomic E-state index is 0.216. The van der Waals surface area contributed by atoms with Crippen LogP contribution in [0.4, 0.5) is 0 Å². The molecule has 1 aromatic carbocycles. The van der Waals surface area contributed by atoms with E-state index in [0.29, 0.717) is 6.73 Å². The molecular formula is C19H31NO2S. The fourth-order valence-electron chi connectivity index (χ4n) is 2.90. The van der Waals surface area contributed by atoms with Crippen molar-refractivity contribution >= 4 is 12.6 Å². The summed E-state index contributed by atoms with van der Waals surface area (Å²) >= 11 is 4.87. The first-order valence-corrected chi connectivity index (χ1v) is 9.45. The third-order valence-electron chi connectivity index (χ3n) is 4.38. The average Bonchev–Trinajstić information content (AvgIpc) is 2.59. The first-order chi connectivity index (χ1) is 11.3. The number of morpholine rings is 1. The Balaban J connectivity index is 1.83. The minimum atomic E-state index is 0.216. The van der Waals surface area contributed by atoms with Crippen molar-refractivity contribution < 1.29 is 9.47 Å². The van der Waals surface area contributed by atoms with Gasteiger partial charge in [-0.3, -0.25) is 4.90 Å². The van der Waals surface area contributed by atoms with Crippen LogP contribution in [-0.2, 0) is 15.9 Å². The number of unbranched alkanes of at least 4 members (excludes halogenated alkanes) is 2. The van der Waals surface area contributed by atoms with Gasteiger partial charge in [-0.2, -0.15) is 12.6 Å². The Bertz CT molecular complexity index is 409. The normalized spacial score (nSPS) is 18.7. The first-order valence-electron chi connectivity index (χ1n) is 8.93. The molecule has 130 valence electrons. The zero-order valence-corrected chi connectivity index (χ0v) is 15.2. The third-order valence-corrected chi connectivity index (χ3v) is 4.90. The topological polar surface area (TPSA) is 21.7 Å². The van der Waals surface area contributed by atoms with Gasteiger partial charge in [-0.15, -0.1) is 0 Å². The molecule has 2 rings (SSSR count). The van der Waals surface area contributed by atoms with E-state index in [1.807, 2.05) is 0 Å². The minimum Gasteiger partial charge on any atom is -0.379 e. The maximum atomic E-state index is 6.26. The molecule has 1 saturated heterocycles. The van der Waals surface area contributed by atoms with E-state index >= 15 is 0 Å². The summed E-state index contributed by atoms with van der Waals surface area (Å²) in [6.45, 7) is 6.52. The van der Waals surface area contributed by atoms with Crippen LogP contribution >= 0.6 is 12.6 Å². The molecule has 1 heterocycles. The standard InChI is InChI=1S/C19H31NO2S/c1-2-3-5-10-18(22-16-20-11-13-21-14-12-20)19(23)15-17-8-6-4-7-9-17/h4,6-9,18-19,23H,2-3,5,10-16H2,1H3. The molecule has 0 spiro atoms. The molecular weight excluding hydrogens is 306 g/mol. The summed E-state index contributed by atoms with van der Waals surface area (Å²) in [5, 5.41) is 0.246. The Morgan fingerprint density at radius 2 is 1.91 bits per heavy atom. The lowest BCUT2D eigenvalue weighted by molar-refractivity contribution is -0.0630. The maximum absolute atomic E-state index is 6.26. The Labute approximate surface area is 146 Å². The molecule has 0 aliphatic carbocycles. The summed E-state index contributed by atoms with van der Waals surface area (Å²) in [7, 11) is 0. The number of hydrogen-bond acceptors (Lipinski definition) is 4. The van der Waals surface area contributed by atoms with E-state index < -0.39 is 0 Å². The molecule has 1 aliphatic rings. The lowest BCUT2D eigenvalue weighted by Gasteiger charge is -2.30. The van der Waals surface area contributed by atoms with Crippen LogP contribution in [0.15, 0.2) is 30.3 Å². The van der Waals surface area contributed by atoms with Gasteiger partial charge in [0, 0.05) is 18.3 Å². The maximum Gasteiger partial charge on any atom is 0.0996 e. The first kappa shape index (κ1) is 18.8. The highest BCUT2D eigenvalue weighted by Crippen LogP contribution is 2.19. The zero-order valence-electron chi connectivity index (χ0n) is 14.3. The second-order valence-electron chi connectivity index (χ2n) is 6.32. The van der Waals surface area contributed by atoms with Crippen LogP contribution in [-0.4, -0.2) is 49.3 Å². The number of benzene rings is 1. The second-order valence-corrected chi connectivity index (χ2v) is 6.98. The van der Waals surface area contributed by atoms with Crippen LogP contribution in [0, 0.1) is 0 Å². The molecule has 0 aromatic heterocycles. The van der Waals surface area contributed by atoms with E-state index in [1.54, 1.807) is 0 Å². The number of ether oxygens (including phenoxy) is 2. The number of rotatable bonds is 10. The molecule has 0 saturated carbocycles. The summed E-state index contributed by atoms with van der Waals surface area (Å²) in [5.41, 5.74) is 1.34. The molecule has 2 unspecified atom stereocenters. The molecule has 2 atom stereocenters. The highest BCUT2D eigenvalue weighted by Gasteiger charge is 2.21. The van der Waals surface area contributed by atoms with Crippen LogP contribution in [0.1, 0.15) is 38.2 Å². The van der Waals surface area contributed by atoms with Crippen molar-refractivity contribution in [2.24, 2.45) is 0 Å². The van der Waals surface area contributed by atoms with Gasteiger partial charge in [0.05, 0.1) is 26.0 Å². The van der Waals surface area contributed by atoms with Gasteiger partial charge in [0.15, 0.2) is 0 Å². The quantitative estimate of drug-likeness (QED) is 0.519. The molecule has 0 amide bonds. The SMILES string of the molecule is CCCCCC(OCN1CCOCC1)C(S)Cc1ccccc1. The predicted octanol–water partition coefficient (Wildman–Crippen LogP) is 3.78. The summed E-state index contributed by atoms with van der Waals surface area (Å²) in [6.07, 6.45) is 6.00. The molecule has 0 N–H and O–H groups in total. The van der Waals surface area contributed by atoms with Crippen LogP contribution in [0.2, 0.25) is 0 Å². The van der Waals surface area contributed by atoms with Gasteiger partial charge in [-0.25, -0.2) is 0 Å². The summed E-state index contributed by atoms with van der Waals surface area (Å²) in [5.74, 6) is 0. The van der Waals surface area contributed by atoms with Crippen molar-refractivity contribution in [3.05, 3.63) is 35.9 Å². The molecule has 0 radical (unpaired) electrons. The summed E-state index contributed by atoms with van der Waals surface area (Å²) < 4.78 is 11.7. The van der Waals surface area contributed by atoms with Crippen molar-refractivity contribution in [3.63, 3.8) is 0 Å². The second kappa shape index (κ2) is 11.1. The largest absolute Gasteiger partial charge is 0.379 e. The van der Waals surface area contributed by atoms with E-state index in [2.05, 4.69) is 42.2 Å². The number of hydrogen-bond donors (Lipinski definition) is 1. The molecule has 1 fully saturated rings. The van der Waals surface area contributed by atoms with Gasteiger partial charge in [0.2, 0.25) is 0 Å². The van der Waals surface area contributed by atoms with E-state index in [-0.39, 0.29) is 11.4 Å². The lowest BCUT2D eigenvalue weighted by atomic mass is 10.0. The Hall–Kier alpha value is -0.550. The molecule has 4 heteroatoms. The van der Waals surface area contributed by atoms with E-state index in [9.17, 15) is 0 Å². The van der Waals surface area contributed by atoms with Crippen molar-refractivity contribution in [1.82, 2.24) is 4.90 Å². The van der Waals surface area contributed by atoms with Gasteiger partial charge >= 0.3 is 0 Å². The fourth-order valence-corrected chi connectivity index (χ4v) is 3.35. The molecule has 0 bridgehead atoms. The van der Waals surface area contributed by atoms with Gasteiger partial charge in [0.25, 0.3) is 0 Å². The van der Waals surface area contributed by atoms with Gasteiger partial charge in [-0.05, 0) is 18.4 Å². The Morgan fingerprint density at radius 1 is 1.17 bits per heavy atom. The van der Waals surface area contributed by atoms with Crippen LogP contribution in [0.25, 0.3) is 0 Å². The fraction of sp³-hybridized carbons (Fsp3) is 0.684. The summed E-state index contributed by atoms with van der Waals surface area (Å²) in [6, 6.07) is 10.6. The monoisotopic (exact) mass is 337 g/mol. The highest BCUT2D eigenvalue weighted by molar-refractivity contribution is 7.81. The smallest absolute Gasteiger partial charge is 0.0996 e. The lowest BCUT2D eigenvalue weighted by Crippen LogP contribution is -2.40. The van der Waals surface area contributed by atoms with Crippen LogP contribution < -0.4 is 0 Å². The Morgan fingerprint density at radius 3 is 2.61 bits per heavy atom. The third kappa shape index (κ3) is 7.25. The Kier molecular flexibility index (Phi) is 9.05. The van der Waals surface area contributed by atoms with Crippen LogP contribution in [0.5, 0.6) is 0 Å². The van der Waals surface area contributed by atoms with Gasteiger partial charge in [-0.1, -0.05) is 56.5 Å². The molecule has 1 aromatic rings. The van der Waals surface area contributed by atoms with Crippen molar-refractivity contribution in [3.8, 4) is 0 Å². The van der Waals surface area contributed by atoms with E-state index in [4.69, 9.17) is 22.1 Å². The van der Waals surface area contributed by atoms with Gasteiger partial charge in [0.1, 0.15) is 0 Å². The zero-order chi connectivity index (χ0) is 16.3. The number of thiol groups is 1. The summed E-state index contributed by atoms with van der Waals surface area (Å²) in [4.78, 5) is 2.33. The van der Waals surface area contributed by atoms with E-state index in [1.165, 1.54) is 24.8 Å². The van der Waals surface area contributed by atoms with E-state index in [0.717, 1.165) is 39.1 Å². The van der Waals surface area contributed by atoms with Crippen LogP contribution in [0.3, 0.4) is 0 Å². The predicted molar refractivity (Wildman–Crippen MR) is 99.2 cm³/mol.